The van der Waals surface area contributed by atoms with Crippen LogP contribution < -0.4 is 4.74 Å². The Morgan fingerprint density at radius 2 is 1.81 bits per heavy atom. The van der Waals surface area contributed by atoms with E-state index >= 15 is 0 Å². The van der Waals surface area contributed by atoms with Crippen molar-refractivity contribution >= 4 is 0 Å². The first kappa shape index (κ1) is 19.3. The lowest BCUT2D eigenvalue weighted by Crippen LogP contribution is -2.56. The van der Waals surface area contributed by atoms with Crippen LogP contribution in [0.15, 0.2) is 36.9 Å². The van der Waals surface area contributed by atoms with Gasteiger partial charge < -0.3 is 28.4 Å². The van der Waals surface area contributed by atoms with E-state index in [0.29, 0.717) is 13.2 Å². The molecule has 0 saturated carbocycles. The molecule has 0 aromatic heterocycles. The summed E-state index contributed by atoms with van der Waals surface area (Å²) in [6.45, 7) is 10.3. The second-order valence-electron chi connectivity index (χ2n) is 7.02. The first-order chi connectivity index (χ1) is 12.4. The molecule has 3 rings (SSSR count). The zero-order chi connectivity index (χ0) is 18.7. The third-order valence-corrected chi connectivity index (χ3v) is 4.55. The number of ether oxygens (including phenoxy) is 6. The Bertz CT molecular complexity index is 599. The average molecular weight is 364 g/mol. The van der Waals surface area contributed by atoms with E-state index in [1.807, 2.05) is 45.0 Å². The van der Waals surface area contributed by atoms with Gasteiger partial charge >= 0.3 is 0 Å². The quantitative estimate of drug-likeness (QED) is 0.693. The van der Waals surface area contributed by atoms with Crippen LogP contribution in [-0.4, -0.2) is 50.2 Å². The Balaban J connectivity index is 1.68. The Morgan fingerprint density at radius 1 is 1.12 bits per heavy atom. The minimum atomic E-state index is -0.708. The number of methoxy groups -OCH3 is 1. The van der Waals surface area contributed by atoms with Crippen molar-refractivity contribution in [2.75, 3.05) is 13.7 Å². The topological polar surface area (TPSA) is 55.4 Å². The fourth-order valence-corrected chi connectivity index (χ4v) is 3.36. The lowest BCUT2D eigenvalue weighted by molar-refractivity contribution is -0.276. The fourth-order valence-electron chi connectivity index (χ4n) is 3.36. The van der Waals surface area contributed by atoms with E-state index in [1.165, 1.54) is 0 Å². The molecule has 2 aliphatic heterocycles. The minimum absolute atomic E-state index is 0.193. The van der Waals surface area contributed by atoms with Gasteiger partial charge in [0.05, 0.1) is 26.4 Å². The molecule has 2 aliphatic rings. The van der Waals surface area contributed by atoms with Gasteiger partial charge in [0.25, 0.3) is 0 Å². The van der Waals surface area contributed by atoms with E-state index < -0.39 is 12.1 Å². The first-order valence-electron chi connectivity index (χ1n) is 8.91. The van der Waals surface area contributed by atoms with Crippen LogP contribution in [0.2, 0.25) is 0 Å². The van der Waals surface area contributed by atoms with Crippen LogP contribution in [0.25, 0.3) is 0 Å². The highest BCUT2D eigenvalue weighted by Gasteiger charge is 2.55. The van der Waals surface area contributed by atoms with E-state index in [2.05, 4.69) is 6.58 Å². The number of benzene rings is 1. The van der Waals surface area contributed by atoms with Gasteiger partial charge in [-0.25, -0.2) is 0 Å². The summed E-state index contributed by atoms with van der Waals surface area (Å²) in [6, 6.07) is 7.80. The van der Waals surface area contributed by atoms with Gasteiger partial charge in [-0.2, -0.15) is 0 Å². The summed E-state index contributed by atoms with van der Waals surface area (Å²) < 4.78 is 35.2. The number of hydrogen-bond donors (Lipinski definition) is 0. The van der Waals surface area contributed by atoms with Crippen LogP contribution in [0.5, 0.6) is 5.75 Å². The normalized spacial score (nSPS) is 32.8. The van der Waals surface area contributed by atoms with Gasteiger partial charge in [-0.3, -0.25) is 0 Å². The smallest absolute Gasteiger partial charge is 0.187 e. The maximum absolute atomic E-state index is 6.17. The molecule has 2 heterocycles. The second kappa shape index (κ2) is 8.06. The lowest BCUT2D eigenvalue weighted by atomic mass is 9.99. The van der Waals surface area contributed by atoms with E-state index in [0.717, 1.165) is 11.3 Å². The average Bonchev–Trinajstić information content (AvgIpc) is 2.94. The maximum atomic E-state index is 6.17. The Kier molecular flexibility index (Phi) is 5.99. The molecule has 1 aromatic carbocycles. The van der Waals surface area contributed by atoms with E-state index in [1.54, 1.807) is 13.2 Å². The highest BCUT2D eigenvalue weighted by molar-refractivity contribution is 5.26. The molecule has 0 N–H and O–H groups in total. The largest absolute Gasteiger partial charge is 0.497 e. The summed E-state index contributed by atoms with van der Waals surface area (Å²) in [4.78, 5) is 0. The summed E-state index contributed by atoms with van der Waals surface area (Å²) in [5.74, 6) is 0.111. The Hall–Kier alpha value is -1.44. The Morgan fingerprint density at radius 3 is 2.46 bits per heavy atom. The third kappa shape index (κ3) is 4.27. The molecule has 5 atom stereocenters. The van der Waals surface area contributed by atoms with Crippen LogP contribution in [0.4, 0.5) is 0 Å². The van der Waals surface area contributed by atoms with Crippen LogP contribution >= 0.6 is 0 Å². The molecule has 0 spiro atoms. The monoisotopic (exact) mass is 364 g/mol. The van der Waals surface area contributed by atoms with Crippen LogP contribution in [0.3, 0.4) is 0 Å². The van der Waals surface area contributed by atoms with Crippen molar-refractivity contribution in [2.24, 2.45) is 0 Å². The zero-order valence-electron chi connectivity index (χ0n) is 15.8. The molecule has 1 aromatic rings. The van der Waals surface area contributed by atoms with Gasteiger partial charge in [0, 0.05) is 0 Å². The number of rotatable bonds is 7. The molecule has 0 radical (unpaired) electrons. The fraction of sp³-hybridized carbons (Fsp3) is 0.600. The van der Waals surface area contributed by atoms with Gasteiger partial charge in [-0.1, -0.05) is 18.2 Å². The molecular weight excluding hydrogens is 336 g/mol. The standard InChI is InChI=1S/C20H28O6/c1-6-11-22-19-18-17(25-20(3,4)26-18)16(13(2)24-19)23-12-14-7-9-15(21-5)10-8-14/h6-10,13,16-19H,1,11-12H2,2-5H3/t13-,16-,17+,18+,19+/m0/s1. The lowest BCUT2D eigenvalue weighted by Gasteiger charge is -2.40. The molecule has 2 fully saturated rings. The van der Waals surface area contributed by atoms with Crippen molar-refractivity contribution in [1.82, 2.24) is 0 Å². The van der Waals surface area contributed by atoms with Gasteiger partial charge in [-0.05, 0) is 38.5 Å². The first-order valence-corrected chi connectivity index (χ1v) is 8.91. The van der Waals surface area contributed by atoms with Gasteiger partial charge in [0.15, 0.2) is 12.1 Å². The van der Waals surface area contributed by atoms with Crippen molar-refractivity contribution in [3.8, 4) is 5.75 Å². The Labute approximate surface area is 155 Å². The van der Waals surface area contributed by atoms with E-state index in [4.69, 9.17) is 28.4 Å². The van der Waals surface area contributed by atoms with Crippen molar-refractivity contribution in [2.45, 2.75) is 63.9 Å². The van der Waals surface area contributed by atoms with Crippen molar-refractivity contribution in [3.63, 3.8) is 0 Å². The summed E-state index contributed by atoms with van der Waals surface area (Å²) >= 11 is 0. The third-order valence-electron chi connectivity index (χ3n) is 4.55. The number of fused-ring (bicyclic) bond motifs is 1. The SMILES string of the molecule is C=CCO[C@@H]1O[C@@H](C)[C@H](OCc2ccc(OC)cc2)[C@H]2OC(C)(C)O[C@@H]12. The molecule has 2 saturated heterocycles. The molecule has 0 bridgehead atoms. The van der Waals surface area contributed by atoms with E-state index in [-0.39, 0.29) is 24.4 Å². The van der Waals surface area contributed by atoms with Gasteiger partial charge in [-0.15, -0.1) is 6.58 Å². The highest BCUT2D eigenvalue weighted by Crippen LogP contribution is 2.39. The molecule has 0 amide bonds. The van der Waals surface area contributed by atoms with Crippen molar-refractivity contribution in [3.05, 3.63) is 42.5 Å². The van der Waals surface area contributed by atoms with Gasteiger partial charge in [0.2, 0.25) is 0 Å². The molecule has 6 heteroatoms. The second-order valence-corrected chi connectivity index (χ2v) is 7.02. The van der Waals surface area contributed by atoms with Crippen molar-refractivity contribution in [1.29, 1.82) is 0 Å². The molecule has 144 valence electrons. The summed E-state index contributed by atoms with van der Waals surface area (Å²) in [7, 11) is 1.65. The van der Waals surface area contributed by atoms with Gasteiger partial charge in [0.1, 0.15) is 24.1 Å². The summed E-state index contributed by atoms with van der Waals surface area (Å²) in [5, 5.41) is 0. The van der Waals surface area contributed by atoms with Crippen LogP contribution in [0.1, 0.15) is 26.3 Å². The molecule has 26 heavy (non-hydrogen) atoms. The van der Waals surface area contributed by atoms with Crippen LogP contribution in [0, 0.1) is 0 Å². The molecular formula is C20H28O6. The van der Waals surface area contributed by atoms with Crippen LogP contribution in [-0.2, 0) is 30.3 Å². The number of hydrogen-bond acceptors (Lipinski definition) is 6. The minimum Gasteiger partial charge on any atom is -0.497 e. The predicted octanol–water partition coefficient (Wildman–Crippen LogP) is 3.05. The highest BCUT2D eigenvalue weighted by atomic mass is 16.8. The predicted molar refractivity (Wildman–Crippen MR) is 95.9 cm³/mol. The van der Waals surface area contributed by atoms with E-state index in [9.17, 15) is 0 Å². The summed E-state index contributed by atoms with van der Waals surface area (Å²) in [6.07, 6.45) is 0.129. The molecule has 6 nitrogen and oxygen atoms in total. The molecule has 0 unspecified atom stereocenters. The van der Waals surface area contributed by atoms with Crippen molar-refractivity contribution < 1.29 is 28.4 Å². The summed E-state index contributed by atoms with van der Waals surface area (Å²) in [5.41, 5.74) is 1.05. The zero-order valence-corrected chi connectivity index (χ0v) is 15.8. The molecule has 0 aliphatic carbocycles. The maximum Gasteiger partial charge on any atom is 0.187 e.